The summed E-state index contributed by atoms with van der Waals surface area (Å²) in [5.41, 5.74) is 2.81. The van der Waals surface area contributed by atoms with Crippen LogP contribution in [0.1, 0.15) is 26.3 Å². The SMILES string of the molecule is CCOc1ccc(/C=C2/C(=O)N(c3cccc(Br)c3)N=C2C)cc1OCC. The lowest BCUT2D eigenvalue weighted by molar-refractivity contribution is -0.114. The van der Waals surface area contributed by atoms with Gasteiger partial charge in [0, 0.05) is 4.47 Å². The fourth-order valence-corrected chi connectivity index (χ4v) is 3.18. The molecule has 0 saturated carbocycles. The third-order valence-electron chi connectivity index (χ3n) is 3.99. The summed E-state index contributed by atoms with van der Waals surface area (Å²) in [6.45, 7) is 6.79. The van der Waals surface area contributed by atoms with Gasteiger partial charge in [-0.15, -0.1) is 0 Å². The molecule has 0 saturated heterocycles. The van der Waals surface area contributed by atoms with Crippen molar-refractivity contribution in [1.82, 2.24) is 0 Å². The number of anilines is 1. The number of hydrazone groups is 1. The van der Waals surface area contributed by atoms with Gasteiger partial charge in [-0.1, -0.05) is 28.1 Å². The average Bonchev–Trinajstić information content (AvgIpc) is 2.92. The van der Waals surface area contributed by atoms with Crippen molar-refractivity contribution in [3.8, 4) is 11.5 Å². The standard InChI is InChI=1S/C21H21BrN2O3/c1-4-26-19-10-9-15(12-20(19)27-5-2)11-18-14(3)23-24(21(18)25)17-8-6-7-16(22)13-17/h6-13H,4-5H2,1-3H3/b18-11+. The van der Waals surface area contributed by atoms with Gasteiger partial charge < -0.3 is 9.47 Å². The Labute approximate surface area is 167 Å². The zero-order valence-corrected chi connectivity index (χ0v) is 17.1. The van der Waals surface area contributed by atoms with Crippen molar-refractivity contribution in [2.45, 2.75) is 20.8 Å². The summed E-state index contributed by atoms with van der Waals surface area (Å²) in [6, 6.07) is 13.1. The second-order valence-electron chi connectivity index (χ2n) is 5.91. The van der Waals surface area contributed by atoms with Crippen molar-refractivity contribution in [3.05, 3.63) is 58.1 Å². The van der Waals surface area contributed by atoms with Gasteiger partial charge in [-0.05, 0) is 62.7 Å². The molecule has 0 fully saturated rings. The van der Waals surface area contributed by atoms with Crippen LogP contribution < -0.4 is 14.5 Å². The Balaban J connectivity index is 1.92. The van der Waals surface area contributed by atoms with Crippen LogP contribution in [-0.2, 0) is 4.79 Å². The molecule has 0 radical (unpaired) electrons. The summed E-state index contributed by atoms with van der Waals surface area (Å²) in [7, 11) is 0. The Hall–Kier alpha value is -2.60. The van der Waals surface area contributed by atoms with E-state index in [0.29, 0.717) is 36.0 Å². The topological polar surface area (TPSA) is 51.1 Å². The summed E-state index contributed by atoms with van der Waals surface area (Å²) < 4.78 is 12.2. The van der Waals surface area contributed by atoms with Gasteiger partial charge in [-0.3, -0.25) is 4.79 Å². The molecule has 0 atom stereocenters. The maximum absolute atomic E-state index is 12.9. The fourth-order valence-electron chi connectivity index (χ4n) is 2.79. The van der Waals surface area contributed by atoms with Crippen LogP contribution in [0.3, 0.4) is 0 Å². The number of rotatable bonds is 6. The molecule has 6 heteroatoms. The van der Waals surface area contributed by atoms with Crippen LogP contribution in [0.15, 0.2) is 57.6 Å². The molecule has 1 amide bonds. The predicted molar refractivity (Wildman–Crippen MR) is 111 cm³/mol. The number of hydrogen-bond acceptors (Lipinski definition) is 4. The molecule has 0 N–H and O–H groups in total. The van der Waals surface area contributed by atoms with Gasteiger partial charge in [0.25, 0.3) is 5.91 Å². The zero-order valence-electron chi connectivity index (χ0n) is 15.5. The van der Waals surface area contributed by atoms with Gasteiger partial charge in [-0.2, -0.15) is 10.1 Å². The second-order valence-corrected chi connectivity index (χ2v) is 6.83. The molecule has 0 spiro atoms. The molecule has 27 heavy (non-hydrogen) atoms. The van der Waals surface area contributed by atoms with Crippen molar-refractivity contribution in [3.63, 3.8) is 0 Å². The Morgan fingerprint density at radius 1 is 1.07 bits per heavy atom. The Morgan fingerprint density at radius 2 is 1.81 bits per heavy atom. The summed E-state index contributed by atoms with van der Waals surface area (Å²) in [4.78, 5) is 12.9. The minimum absolute atomic E-state index is 0.155. The van der Waals surface area contributed by atoms with E-state index in [2.05, 4.69) is 21.0 Å². The Morgan fingerprint density at radius 3 is 2.52 bits per heavy atom. The van der Waals surface area contributed by atoms with Crippen molar-refractivity contribution in [2.75, 3.05) is 18.2 Å². The lowest BCUT2D eigenvalue weighted by atomic mass is 10.1. The van der Waals surface area contributed by atoms with E-state index in [9.17, 15) is 4.79 Å². The van der Waals surface area contributed by atoms with Crippen molar-refractivity contribution in [2.24, 2.45) is 5.10 Å². The van der Waals surface area contributed by atoms with E-state index in [-0.39, 0.29) is 5.91 Å². The molecule has 0 aromatic heterocycles. The first-order valence-corrected chi connectivity index (χ1v) is 9.59. The van der Waals surface area contributed by atoms with Crippen LogP contribution in [0, 0.1) is 0 Å². The van der Waals surface area contributed by atoms with E-state index in [1.807, 2.05) is 69.3 Å². The van der Waals surface area contributed by atoms with Crippen LogP contribution >= 0.6 is 15.9 Å². The highest BCUT2D eigenvalue weighted by Crippen LogP contribution is 2.31. The number of amides is 1. The van der Waals surface area contributed by atoms with E-state index >= 15 is 0 Å². The third kappa shape index (κ3) is 4.22. The molecular weight excluding hydrogens is 408 g/mol. The van der Waals surface area contributed by atoms with Crippen LogP contribution in [-0.4, -0.2) is 24.8 Å². The first-order valence-electron chi connectivity index (χ1n) is 8.80. The molecule has 2 aromatic rings. The van der Waals surface area contributed by atoms with Gasteiger partial charge in [0.05, 0.1) is 30.2 Å². The first-order chi connectivity index (χ1) is 13.0. The number of ether oxygens (including phenoxy) is 2. The van der Waals surface area contributed by atoms with Crippen LogP contribution in [0.25, 0.3) is 6.08 Å². The van der Waals surface area contributed by atoms with E-state index < -0.39 is 0 Å². The summed E-state index contributed by atoms with van der Waals surface area (Å²) in [6.07, 6.45) is 1.83. The molecule has 1 aliphatic rings. The van der Waals surface area contributed by atoms with E-state index in [1.54, 1.807) is 0 Å². The highest BCUT2D eigenvalue weighted by atomic mass is 79.9. The number of carbonyl (C=O) groups excluding carboxylic acids is 1. The molecule has 0 unspecified atom stereocenters. The van der Waals surface area contributed by atoms with Gasteiger partial charge in [0.15, 0.2) is 11.5 Å². The summed E-state index contributed by atoms with van der Waals surface area (Å²) >= 11 is 3.43. The maximum Gasteiger partial charge on any atom is 0.280 e. The average molecular weight is 429 g/mol. The molecule has 140 valence electrons. The minimum Gasteiger partial charge on any atom is -0.490 e. The molecule has 0 aliphatic carbocycles. The number of nitrogens with zero attached hydrogens (tertiary/aromatic N) is 2. The van der Waals surface area contributed by atoms with Crippen molar-refractivity contribution >= 4 is 39.3 Å². The smallest absolute Gasteiger partial charge is 0.280 e. The number of carbonyl (C=O) groups is 1. The van der Waals surface area contributed by atoms with Crippen molar-refractivity contribution < 1.29 is 14.3 Å². The number of halogens is 1. The fraction of sp³-hybridized carbons (Fsp3) is 0.238. The molecule has 2 aromatic carbocycles. The van der Waals surface area contributed by atoms with E-state index in [4.69, 9.17) is 9.47 Å². The Kier molecular flexibility index (Phi) is 5.96. The zero-order chi connectivity index (χ0) is 19.4. The molecule has 1 heterocycles. The lowest BCUT2D eigenvalue weighted by Crippen LogP contribution is -2.21. The third-order valence-corrected chi connectivity index (χ3v) is 4.49. The quantitative estimate of drug-likeness (QED) is 0.604. The number of benzene rings is 2. The highest BCUT2D eigenvalue weighted by molar-refractivity contribution is 9.10. The van der Waals surface area contributed by atoms with Gasteiger partial charge in [0.1, 0.15) is 0 Å². The lowest BCUT2D eigenvalue weighted by Gasteiger charge is -2.12. The van der Waals surface area contributed by atoms with Gasteiger partial charge >= 0.3 is 0 Å². The van der Waals surface area contributed by atoms with E-state index in [1.165, 1.54) is 5.01 Å². The molecule has 1 aliphatic heterocycles. The van der Waals surface area contributed by atoms with Gasteiger partial charge in [-0.25, -0.2) is 0 Å². The van der Waals surface area contributed by atoms with Crippen LogP contribution in [0.2, 0.25) is 0 Å². The molecule has 5 nitrogen and oxygen atoms in total. The first kappa shape index (κ1) is 19.2. The monoisotopic (exact) mass is 428 g/mol. The molecular formula is C21H21BrN2O3. The predicted octanol–water partition coefficient (Wildman–Crippen LogP) is 5.05. The maximum atomic E-state index is 12.9. The minimum atomic E-state index is -0.155. The molecule has 3 rings (SSSR count). The Bertz CT molecular complexity index is 921. The van der Waals surface area contributed by atoms with E-state index in [0.717, 1.165) is 15.7 Å². The summed E-state index contributed by atoms with van der Waals surface area (Å²) in [5, 5.41) is 5.84. The van der Waals surface area contributed by atoms with Gasteiger partial charge in [0.2, 0.25) is 0 Å². The second kappa shape index (κ2) is 8.39. The van der Waals surface area contributed by atoms with Crippen molar-refractivity contribution in [1.29, 1.82) is 0 Å². The number of hydrogen-bond donors (Lipinski definition) is 0. The normalized spacial score (nSPS) is 15.3. The van der Waals surface area contributed by atoms with Crippen LogP contribution in [0.4, 0.5) is 5.69 Å². The van der Waals surface area contributed by atoms with Crippen LogP contribution in [0.5, 0.6) is 11.5 Å². The highest BCUT2D eigenvalue weighted by Gasteiger charge is 2.28. The summed E-state index contributed by atoms with van der Waals surface area (Å²) in [5.74, 6) is 1.20. The molecule has 0 bridgehead atoms. The largest absolute Gasteiger partial charge is 0.490 e.